The van der Waals surface area contributed by atoms with Crippen molar-refractivity contribution in [3.8, 4) is 0 Å². The smallest absolute Gasteiger partial charge is 0.323 e. The first-order valence-corrected chi connectivity index (χ1v) is 6.05. The lowest BCUT2D eigenvalue weighted by atomic mass is 9.80. The molecule has 0 aromatic carbocycles. The SMILES string of the molecule is CC[C@@](CCCCBr)(C(=O)O)C(=O)OC. The van der Waals surface area contributed by atoms with E-state index in [4.69, 9.17) is 5.11 Å². The third-order valence-electron chi connectivity index (χ3n) is 2.58. The second-order valence-electron chi connectivity index (χ2n) is 3.38. The minimum absolute atomic E-state index is 0.261. The van der Waals surface area contributed by atoms with Gasteiger partial charge in [0, 0.05) is 5.33 Å². The second kappa shape index (κ2) is 6.82. The molecular formula is C10H17BrO4. The van der Waals surface area contributed by atoms with Crippen molar-refractivity contribution >= 4 is 27.9 Å². The summed E-state index contributed by atoms with van der Waals surface area (Å²) in [7, 11) is 1.22. The Labute approximate surface area is 98.1 Å². The average molecular weight is 281 g/mol. The van der Waals surface area contributed by atoms with Crippen molar-refractivity contribution in [1.82, 2.24) is 0 Å². The van der Waals surface area contributed by atoms with Gasteiger partial charge in [-0.05, 0) is 19.3 Å². The molecule has 0 aliphatic carbocycles. The average Bonchev–Trinajstić information content (AvgIpc) is 2.23. The van der Waals surface area contributed by atoms with Gasteiger partial charge < -0.3 is 9.84 Å². The maximum atomic E-state index is 11.5. The van der Waals surface area contributed by atoms with E-state index < -0.39 is 17.4 Å². The van der Waals surface area contributed by atoms with Crippen molar-refractivity contribution < 1.29 is 19.4 Å². The Morgan fingerprint density at radius 3 is 2.33 bits per heavy atom. The van der Waals surface area contributed by atoms with E-state index >= 15 is 0 Å². The van der Waals surface area contributed by atoms with E-state index in [1.54, 1.807) is 6.92 Å². The minimum atomic E-state index is -1.36. The number of carbonyl (C=O) groups excluding carboxylic acids is 1. The molecule has 0 spiro atoms. The van der Waals surface area contributed by atoms with Gasteiger partial charge in [-0.15, -0.1) is 0 Å². The van der Waals surface area contributed by atoms with Crippen LogP contribution in [0.4, 0.5) is 0 Å². The number of methoxy groups -OCH3 is 1. The zero-order chi connectivity index (χ0) is 11.9. The summed E-state index contributed by atoms with van der Waals surface area (Å²) in [5.74, 6) is -1.74. The molecule has 88 valence electrons. The first-order valence-electron chi connectivity index (χ1n) is 4.93. The summed E-state index contributed by atoms with van der Waals surface area (Å²) < 4.78 is 4.57. The molecule has 1 N–H and O–H groups in total. The molecule has 0 heterocycles. The van der Waals surface area contributed by atoms with Gasteiger partial charge in [0.25, 0.3) is 0 Å². The van der Waals surface area contributed by atoms with Crippen LogP contribution < -0.4 is 0 Å². The lowest BCUT2D eigenvalue weighted by Crippen LogP contribution is -2.39. The number of hydrogen-bond donors (Lipinski definition) is 1. The summed E-state index contributed by atoms with van der Waals surface area (Å²) in [6.07, 6.45) is 2.14. The lowest BCUT2D eigenvalue weighted by Gasteiger charge is -2.24. The number of halogens is 1. The third-order valence-corrected chi connectivity index (χ3v) is 3.14. The van der Waals surface area contributed by atoms with Crippen molar-refractivity contribution in [2.75, 3.05) is 12.4 Å². The van der Waals surface area contributed by atoms with Gasteiger partial charge in [-0.2, -0.15) is 0 Å². The normalized spacial score (nSPS) is 14.3. The zero-order valence-corrected chi connectivity index (χ0v) is 10.7. The Balaban J connectivity index is 4.66. The maximum Gasteiger partial charge on any atom is 0.323 e. The summed E-state index contributed by atoms with van der Waals surface area (Å²) >= 11 is 3.27. The van der Waals surface area contributed by atoms with E-state index in [-0.39, 0.29) is 6.42 Å². The van der Waals surface area contributed by atoms with Crippen LogP contribution in [0.15, 0.2) is 0 Å². The highest BCUT2D eigenvalue weighted by Crippen LogP contribution is 2.31. The zero-order valence-electron chi connectivity index (χ0n) is 9.09. The molecule has 0 amide bonds. The van der Waals surface area contributed by atoms with Crippen LogP contribution in [0.2, 0.25) is 0 Å². The number of carboxylic acids is 1. The topological polar surface area (TPSA) is 63.6 Å². The number of rotatable bonds is 7. The predicted octanol–water partition coefficient (Wildman–Crippen LogP) is 2.21. The largest absolute Gasteiger partial charge is 0.480 e. The molecule has 5 heteroatoms. The predicted molar refractivity (Wildman–Crippen MR) is 60.0 cm³/mol. The van der Waals surface area contributed by atoms with Crippen molar-refractivity contribution in [2.24, 2.45) is 5.41 Å². The summed E-state index contributed by atoms with van der Waals surface area (Å²) in [5, 5.41) is 9.93. The lowest BCUT2D eigenvalue weighted by molar-refractivity contribution is -0.168. The van der Waals surface area contributed by atoms with Crippen LogP contribution in [-0.4, -0.2) is 29.5 Å². The number of carboxylic acid groups (broad SMARTS) is 1. The molecule has 0 aromatic heterocycles. The van der Waals surface area contributed by atoms with Gasteiger partial charge in [0.2, 0.25) is 0 Å². The highest BCUT2D eigenvalue weighted by Gasteiger charge is 2.45. The van der Waals surface area contributed by atoms with Gasteiger partial charge in [0.05, 0.1) is 7.11 Å². The number of ether oxygens (including phenoxy) is 1. The molecule has 0 fully saturated rings. The number of alkyl halides is 1. The van der Waals surface area contributed by atoms with Crippen molar-refractivity contribution in [3.63, 3.8) is 0 Å². The van der Waals surface area contributed by atoms with Gasteiger partial charge in [0.1, 0.15) is 0 Å². The third kappa shape index (κ3) is 3.48. The Hall–Kier alpha value is -0.580. The Morgan fingerprint density at radius 1 is 1.40 bits per heavy atom. The van der Waals surface area contributed by atoms with E-state index in [0.29, 0.717) is 12.8 Å². The molecule has 1 atom stereocenters. The van der Waals surface area contributed by atoms with Gasteiger partial charge in [0.15, 0.2) is 5.41 Å². The summed E-state index contributed by atoms with van der Waals surface area (Å²) in [5.41, 5.74) is -1.36. The maximum absolute atomic E-state index is 11.5. The first kappa shape index (κ1) is 14.4. The minimum Gasteiger partial charge on any atom is -0.480 e. The van der Waals surface area contributed by atoms with Gasteiger partial charge in [-0.3, -0.25) is 9.59 Å². The number of esters is 1. The van der Waals surface area contributed by atoms with E-state index in [2.05, 4.69) is 20.7 Å². The number of carbonyl (C=O) groups is 2. The molecule has 0 rings (SSSR count). The van der Waals surface area contributed by atoms with E-state index in [9.17, 15) is 9.59 Å². The van der Waals surface area contributed by atoms with Crippen LogP contribution in [0.3, 0.4) is 0 Å². The molecule has 0 saturated heterocycles. The molecular weight excluding hydrogens is 264 g/mol. The van der Waals surface area contributed by atoms with Crippen LogP contribution in [0.1, 0.15) is 32.6 Å². The molecule has 0 aromatic rings. The van der Waals surface area contributed by atoms with Crippen LogP contribution in [0.25, 0.3) is 0 Å². The summed E-state index contributed by atoms with van der Waals surface area (Å²) in [6, 6.07) is 0. The van der Waals surface area contributed by atoms with Crippen LogP contribution in [-0.2, 0) is 14.3 Å². The molecule has 15 heavy (non-hydrogen) atoms. The fourth-order valence-corrected chi connectivity index (χ4v) is 1.88. The van der Waals surface area contributed by atoms with Gasteiger partial charge in [-0.25, -0.2) is 0 Å². The van der Waals surface area contributed by atoms with E-state index in [1.807, 2.05) is 0 Å². The highest BCUT2D eigenvalue weighted by molar-refractivity contribution is 9.09. The summed E-state index contributed by atoms with van der Waals surface area (Å²) in [4.78, 5) is 22.6. The second-order valence-corrected chi connectivity index (χ2v) is 4.17. The van der Waals surface area contributed by atoms with Crippen LogP contribution >= 0.6 is 15.9 Å². The number of aliphatic carboxylic acids is 1. The van der Waals surface area contributed by atoms with Gasteiger partial charge in [-0.1, -0.05) is 29.3 Å². The monoisotopic (exact) mass is 280 g/mol. The molecule has 4 nitrogen and oxygen atoms in total. The number of unbranched alkanes of at least 4 members (excludes halogenated alkanes) is 1. The Kier molecular flexibility index (Phi) is 6.56. The fraction of sp³-hybridized carbons (Fsp3) is 0.800. The fourth-order valence-electron chi connectivity index (χ4n) is 1.49. The molecule has 0 aliphatic heterocycles. The van der Waals surface area contributed by atoms with Crippen molar-refractivity contribution in [3.05, 3.63) is 0 Å². The van der Waals surface area contributed by atoms with Crippen LogP contribution in [0, 0.1) is 5.41 Å². The Morgan fingerprint density at radius 2 is 2.00 bits per heavy atom. The molecule has 0 saturated carbocycles. The molecule has 0 bridgehead atoms. The molecule has 0 radical (unpaired) electrons. The van der Waals surface area contributed by atoms with E-state index in [0.717, 1.165) is 11.8 Å². The quantitative estimate of drug-likeness (QED) is 0.336. The first-order chi connectivity index (χ1) is 7.05. The van der Waals surface area contributed by atoms with Gasteiger partial charge >= 0.3 is 11.9 Å². The van der Waals surface area contributed by atoms with Crippen LogP contribution in [0.5, 0.6) is 0 Å². The highest BCUT2D eigenvalue weighted by atomic mass is 79.9. The summed E-state index contributed by atoms with van der Waals surface area (Å²) in [6.45, 7) is 1.69. The standard InChI is InChI=1S/C10H17BrO4/c1-3-10(8(12)13,9(14)15-2)6-4-5-7-11/h3-7H2,1-2H3,(H,12,13)/t10-/m1/s1. The number of hydrogen-bond acceptors (Lipinski definition) is 3. The Bertz CT molecular complexity index is 229. The van der Waals surface area contributed by atoms with Crippen molar-refractivity contribution in [1.29, 1.82) is 0 Å². The molecule has 0 aliphatic rings. The van der Waals surface area contributed by atoms with E-state index in [1.165, 1.54) is 7.11 Å². The van der Waals surface area contributed by atoms with Crippen molar-refractivity contribution in [2.45, 2.75) is 32.6 Å². The molecule has 0 unspecified atom stereocenters.